The maximum absolute atomic E-state index is 13.4. The normalized spacial score (nSPS) is 23.7. The molecule has 4 aliphatic rings. The lowest BCUT2D eigenvalue weighted by atomic mass is 9.90. The second kappa shape index (κ2) is 8.22. The molecule has 1 amide bonds. The van der Waals surface area contributed by atoms with E-state index in [1.165, 1.54) is 40.3 Å². The molecule has 0 N–H and O–H groups in total. The summed E-state index contributed by atoms with van der Waals surface area (Å²) in [5, 5.41) is 3.10. The van der Waals surface area contributed by atoms with Gasteiger partial charge in [0.15, 0.2) is 0 Å². The number of nitrogens with zero attached hydrogens (tertiary/aromatic N) is 2. The van der Waals surface area contributed by atoms with Gasteiger partial charge in [0.1, 0.15) is 18.0 Å². The summed E-state index contributed by atoms with van der Waals surface area (Å²) in [7, 11) is 0. The molecule has 7 rings (SSSR count). The Morgan fingerprint density at radius 1 is 1.11 bits per heavy atom. The van der Waals surface area contributed by atoms with Crippen molar-refractivity contribution in [3.63, 3.8) is 0 Å². The van der Waals surface area contributed by atoms with Gasteiger partial charge in [0, 0.05) is 28.8 Å². The van der Waals surface area contributed by atoms with E-state index < -0.39 is 5.60 Å². The number of benzene rings is 3. The number of hydrogen-bond donors (Lipinski definition) is 0. The van der Waals surface area contributed by atoms with E-state index in [-0.39, 0.29) is 18.2 Å². The minimum atomic E-state index is -0.514. The second-order valence-corrected chi connectivity index (χ2v) is 12.3. The zero-order valence-electron chi connectivity index (χ0n) is 21.5. The van der Waals surface area contributed by atoms with Crippen molar-refractivity contribution in [2.75, 3.05) is 0 Å². The molecule has 37 heavy (non-hydrogen) atoms. The predicted molar refractivity (Wildman–Crippen MR) is 147 cm³/mol. The fourth-order valence-corrected chi connectivity index (χ4v) is 7.02. The molecule has 3 aliphatic heterocycles. The maximum Gasteiger partial charge on any atom is 0.411 e. The summed E-state index contributed by atoms with van der Waals surface area (Å²) in [5.74, 6) is 1.37. The lowest BCUT2D eigenvalue weighted by Gasteiger charge is -2.32. The first-order chi connectivity index (χ1) is 17.7. The third kappa shape index (κ3) is 3.82. The number of carbonyl (C=O) groups excluding carboxylic acids is 1. The highest BCUT2D eigenvalue weighted by Gasteiger charge is 2.49. The van der Waals surface area contributed by atoms with Crippen molar-refractivity contribution in [3.05, 3.63) is 58.6 Å². The van der Waals surface area contributed by atoms with Crippen LogP contribution in [0.3, 0.4) is 0 Å². The minimum Gasteiger partial charge on any atom is -0.488 e. The lowest BCUT2D eigenvalue weighted by molar-refractivity contribution is 0.0184. The second-order valence-electron chi connectivity index (χ2n) is 11.9. The molecule has 0 radical (unpaired) electrons. The zero-order valence-corrected chi connectivity index (χ0v) is 22.3. The van der Waals surface area contributed by atoms with E-state index >= 15 is 0 Å². The molecular formula is C31H31ClN2O3. The molecule has 1 aliphatic carbocycles. The number of rotatable bonds is 1. The van der Waals surface area contributed by atoms with Gasteiger partial charge in [0.25, 0.3) is 0 Å². The highest BCUT2D eigenvalue weighted by Crippen LogP contribution is 2.46. The van der Waals surface area contributed by atoms with E-state index in [4.69, 9.17) is 26.1 Å². The fourth-order valence-electron chi connectivity index (χ4n) is 6.85. The standard InChI is InChI=1S/C31H31ClN2O3/c1-31(2,3)37-30(35)34-27-6-4-5-18(27)13-28(34)26-15-24-22-12-19-16-36-29-14-20(32)8-9-21(29)23(19)11-17(22)7-10-25(24)33-26/h7-12,14,18,27-28H,4-6,13,15-16H2,1-3H3/t18?,27-,28?/m0/s1. The molecule has 1 saturated heterocycles. The van der Waals surface area contributed by atoms with Crippen LogP contribution in [0, 0.1) is 5.92 Å². The molecule has 1 saturated carbocycles. The molecule has 3 heterocycles. The SMILES string of the molecule is CC(C)(C)OC(=O)N1C(C2=Nc3ccc4cc5c(cc4c3C2)COc2cc(Cl)ccc2-5)CC2CCC[C@@H]21. The van der Waals surface area contributed by atoms with Crippen LogP contribution in [0.2, 0.25) is 5.02 Å². The quantitative estimate of drug-likeness (QED) is 0.332. The van der Waals surface area contributed by atoms with Crippen LogP contribution in [0.4, 0.5) is 10.5 Å². The van der Waals surface area contributed by atoms with Crippen LogP contribution in [0.15, 0.2) is 47.5 Å². The number of likely N-dealkylation sites (tertiary alicyclic amines) is 1. The monoisotopic (exact) mass is 514 g/mol. The largest absolute Gasteiger partial charge is 0.488 e. The molecule has 3 aromatic rings. The Hall–Kier alpha value is -3.05. The number of fused-ring (bicyclic) bond motifs is 7. The summed E-state index contributed by atoms with van der Waals surface area (Å²) < 4.78 is 11.9. The van der Waals surface area contributed by atoms with Crippen molar-refractivity contribution < 1.29 is 14.3 Å². The molecule has 2 unspecified atom stereocenters. The van der Waals surface area contributed by atoms with E-state index in [1.54, 1.807) is 0 Å². The van der Waals surface area contributed by atoms with Crippen molar-refractivity contribution in [1.82, 2.24) is 4.90 Å². The van der Waals surface area contributed by atoms with Crippen molar-refractivity contribution in [2.24, 2.45) is 10.9 Å². The van der Waals surface area contributed by atoms with Gasteiger partial charge in [0.05, 0.1) is 11.7 Å². The summed E-state index contributed by atoms with van der Waals surface area (Å²) >= 11 is 6.20. The Morgan fingerprint density at radius 2 is 1.97 bits per heavy atom. The number of carbonyl (C=O) groups is 1. The van der Waals surface area contributed by atoms with Crippen LogP contribution in [0.1, 0.15) is 57.6 Å². The molecule has 190 valence electrons. The van der Waals surface area contributed by atoms with Crippen LogP contribution >= 0.6 is 11.6 Å². The number of aliphatic imine (C=N–C) groups is 1. The van der Waals surface area contributed by atoms with Crippen LogP contribution in [-0.2, 0) is 17.8 Å². The lowest BCUT2D eigenvalue weighted by Crippen LogP contribution is -2.47. The van der Waals surface area contributed by atoms with E-state index in [9.17, 15) is 4.79 Å². The van der Waals surface area contributed by atoms with Gasteiger partial charge >= 0.3 is 6.09 Å². The maximum atomic E-state index is 13.4. The number of hydrogen-bond acceptors (Lipinski definition) is 4. The number of halogens is 1. The van der Waals surface area contributed by atoms with Gasteiger partial charge < -0.3 is 9.47 Å². The summed E-state index contributed by atoms with van der Waals surface area (Å²) in [6, 6.07) is 15.0. The molecule has 3 aromatic carbocycles. The minimum absolute atomic E-state index is 0.00480. The molecule has 5 nitrogen and oxygen atoms in total. The van der Waals surface area contributed by atoms with Gasteiger partial charge in [-0.05, 0) is 110 Å². The number of amides is 1. The zero-order chi connectivity index (χ0) is 25.5. The molecular weight excluding hydrogens is 484 g/mol. The topological polar surface area (TPSA) is 51.1 Å². The average Bonchev–Trinajstić information content (AvgIpc) is 3.55. The molecule has 0 spiro atoms. The number of ether oxygens (including phenoxy) is 2. The summed E-state index contributed by atoms with van der Waals surface area (Å²) in [6.07, 6.45) is 4.98. The van der Waals surface area contributed by atoms with Crippen LogP contribution in [0.25, 0.3) is 21.9 Å². The Labute approximate surface area is 222 Å². The predicted octanol–water partition coefficient (Wildman–Crippen LogP) is 7.86. The van der Waals surface area contributed by atoms with Crippen LogP contribution in [-0.4, -0.2) is 34.4 Å². The molecule has 2 fully saturated rings. The van der Waals surface area contributed by atoms with E-state index in [2.05, 4.69) is 24.3 Å². The Balaban J connectivity index is 1.23. The first-order valence-electron chi connectivity index (χ1n) is 13.4. The van der Waals surface area contributed by atoms with Crippen molar-refractivity contribution >= 4 is 39.9 Å². The van der Waals surface area contributed by atoms with Crippen molar-refractivity contribution in [2.45, 2.75) is 77.2 Å². The Kier molecular flexibility index (Phi) is 5.13. The Morgan fingerprint density at radius 3 is 2.81 bits per heavy atom. The third-order valence-corrected chi connectivity index (χ3v) is 8.63. The summed E-state index contributed by atoms with van der Waals surface area (Å²) in [5.41, 5.74) is 6.30. The van der Waals surface area contributed by atoms with Crippen molar-refractivity contribution in [3.8, 4) is 16.9 Å². The first kappa shape index (κ1) is 23.1. The van der Waals surface area contributed by atoms with Gasteiger partial charge in [-0.25, -0.2) is 4.79 Å². The molecule has 6 heteroatoms. The van der Waals surface area contributed by atoms with Crippen LogP contribution < -0.4 is 4.74 Å². The van der Waals surface area contributed by atoms with Crippen molar-refractivity contribution in [1.29, 1.82) is 0 Å². The molecule has 0 aromatic heterocycles. The van der Waals surface area contributed by atoms with Crippen LogP contribution in [0.5, 0.6) is 5.75 Å². The average molecular weight is 515 g/mol. The van der Waals surface area contributed by atoms with Gasteiger partial charge in [-0.1, -0.05) is 24.1 Å². The van der Waals surface area contributed by atoms with Gasteiger partial charge in [0.2, 0.25) is 0 Å². The first-order valence-corrected chi connectivity index (χ1v) is 13.7. The summed E-state index contributed by atoms with van der Waals surface area (Å²) in [4.78, 5) is 20.5. The van der Waals surface area contributed by atoms with Gasteiger partial charge in [-0.3, -0.25) is 9.89 Å². The Bertz CT molecular complexity index is 1490. The highest BCUT2D eigenvalue weighted by molar-refractivity contribution is 6.30. The van der Waals surface area contributed by atoms with Gasteiger partial charge in [-0.2, -0.15) is 0 Å². The highest BCUT2D eigenvalue weighted by atomic mass is 35.5. The smallest absolute Gasteiger partial charge is 0.411 e. The molecule has 0 bridgehead atoms. The fraction of sp³-hybridized carbons (Fsp3) is 0.419. The van der Waals surface area contributed by atoms with E-state index in [0.717, 1.165) is 42.0 Å². The molecule has 3 atom stereocenters. The van der Waals surface area contributed by atoms with E-state index in [0.29, 0.717) is 17.5 Å². The van der Waals surface area contributed by atoms with Gasteiger partial charge in [-0.15, -0.1) is 0 Å². The third-order valence-electron chi connectivity index (χ3n) is 8.40. The van der Waals surface area contributed by atoms with E-state index in [1.807, 2.05) is 43.9 Å². The summed E-state index contributed by atoms with van der Waals surface area (Å²) in [6.45, 7) is 6.34.